The maximum absolute atomic E-state index is 12.8. The molecule has 11 nitrogen and oxygen atoms in total. The lowest BCUT2D eigenvalue weighted by Crippen LogP contribution is -2.51. The topological polar surface area (TPSA) is 131 Å². The number of aromatic nitrogens is 4. The Kier molecular flexibility index (Phi) is 6.31. The maximum atomic E-state index is 12.8. The van der Waals surface area contributed by atoms with Gasteiger partial charge in [-0.25, -0.2) is 9.48 Å². The second-order valence-corrected chi connectivity index (χ2v) is 9.07. The van der Waals surface area contributed by atoms with E-state index >= 15 is 0 Å². The highest BCUT2D eigenvalue weighted by Gasteiger charge is 2.52. The van der Waals surface area contributed by atoms with Gasteiger partial charge in [-0.2, -0.15) is 5.01 Å². The number of nitrogens with zero attached hydrogens (tertiary/aromatic N) is 5. The SMILES string of the molecule is COc1ccc(Cn2nnnc2SCC(=O)NN2C(=O)NC3(CCC(C)CC3)C2=O)cc1. The van der Waals surface area contributed by atoms with Gasteiger partial charge in [0, 0.05) is 0 Å². The molecule has 0 unspecified atom stereocenters. The quantitative estimate of drug-likeness (QED) is 0.469. The van der Waals surface area contributed by atoms with Crippen LogP contribution in [0, 0.1) is 5.92 Å². The van der Waals surface area contributed by atoms with E-state index in [0.29, 0.717) is 30.5 Å². The molecular formula is C20H25N7O4S. The van der Waals surface area contributed by atoms with Crippen LogP contribution in [0.2, 0.25) is 0 Å². The molecule has 1 aromatic carbocycles. The Balaban J connectivity index is 1.32. The average molecular weight is 460 g/mol. The molecule has 170 valence electrons. The van der Waals surface area contributed by atoms with E-state index in [9.17, 15) is 14.4 Å². The van der Waals surface area contributed by atoms with Crippen LogP contribution in [0.25, 0.3) is 0 Å². The fraction of sp³-hybridized carbons (Fsp3) is 0.500. The van der Waals surface area contributed by atoms with E-state index in [0.717, 1.165) is 40.9 Å². The summed E-state index contributed by atoms with van der Waals surface area (Å²) in [6.07, 6.45) is 2.89. The van der Waals surface area contributed by atoms with Crippen LogP contribution in [0.3, 0.4) is 0 Å². The van der Waals surface area contributed by atoms with Crippen molar-refractivity contribution in [1.29, 1.82) is 0 Å². The van der Waals surface area contributed by atoms with Crippen LogP contribution in [0.4, 0.5) is 4.79 Å². The van der Waals surface area contributed by atoms with Gasteiger partial charge in [0.25, 0.3) is 5.91 Å². The van der Waals surface area contributed by atoms with Crippen molar-refractivity contribution in [3.63, 3.8) is 0 Å². The second kappa shape index (κ2) is 9.15. The van der Waals surface area contributed by atoms with Crippen molar-refractivity contribution in [2.75, 3.05) is 12.9 Å². The number of carbonyl (C=O) groups is 3. The van der Waals surface area contributed by atoms with Crippen molar-refractivity contribution in [3.05, 3.63) is 29.8 Å². The number of ether oxygens (including phenoxy) is 1. The summed E-state index contributed by atoms with van der Waals surface area (Å²) in [4.78, 5) is 37.6. The summed E-state index contributed by atoms with van der Waals surface area (Å²) in [6, 6.07) is 6.91. The predicted molar refractivity (Wildman–Crippen MR) is 115 cm³/mol. The van der Waals surface area contributed by atoms with Crippen LogP contribution in [0.1, 0.15) is 38.2 Å². The maximum Gasteiger partial charge on any atom is 0.344 e. The summed E-state index contributed by atoms with van der Waals surface area (Å²) in [5, 5.41) is 15.6. The molecule has 2 fully saturated rings. The van der Waals surface area contributed by atoms with Crippen molar-refractivity contribution in [2.45, 2.75) is 49.8 Å². The number of hydrogen-bond donors (Lipinski definition) is 2. The van der Waals surface area contributed by atoms with E-state index in [1.54, 1.807) is 11.8 Å². The first-order valence-electron chi connectivity index (χ1n) is 10.4. The van der Waals surface area contributed by atoms with E-state index in [4.69, 9.17) is 4.74 Å². The Bertz CT molecular complexity index is 1000. The third kappa shape index (κ3) is 4.54. The van der Waals surface area contributed by atoms with E-state index in [-0.39, 0.29) is 5.75 Å². The van der Waals surface area contributed by atoms with Gasteiger partial charge < -0.3 is 10.1 Å². The molecule has 4 rings (SSSR count). The predicted octanol–water partition coefficient (Wildman–Crippen LogP) is 1.35. The minimum Gasteiger partial charge on any atom is -0.497 e. The fourth-order valence-corrected chi connectivity index (χ4v) is 4.57. The number of rotatable bonds is 7. The van der Waals surface area contributed by atoms with Gasteiger partial charge in [-0.1, -0.05) is 30.8 Å². The molecule has 2 heterocycles. The Morgan fingerprint density at radius 3 is 2.69 bits per heavy atom. The minimum atomic E-state index is -0.896. The Morgan fingerprint density at radius 1 is 1.28 bits per heavy atom. The Morgan fingerprint density at radius 2 is 2.00 bits per heavy atom. The fourth-order valence-electron chi connectivity index (χ4n) is 3.91. The second-order valence-electron chi connectivity index (χ2n) is 8.13. The highest BCUT2D eigenvalue weighted by Crippen LogP contribution is 2.35. The van der Waals surface area contributed by atoms with Crippen molar-refractivity contribution in [3.8, 4) is 5.75 Å². The molecule has 12 heteroatoms. The van der Waals surface area contributed by atoms with E-state index < -0.39 is 23.4 Å². The monoisotopic (exact) mass is 459 g/mol. The highest BCUT2D eigenvalue weighted by molar-refractivity contribution is 7.99. The lowest BCUT2D eigenvalue weighted by Gasteiger charge is -2.33. The summed E-state index contributed by atoms with van der Waals surface area (Å²) >= 11 is 1.12. The number of imide groups is 1. The first kappa shape index (κ1) is 22.1. The summed E-state index contributed by atoms with van der Waals surface area (Å²) in [5.74, 6) is 0.344. The number of urea groups is 1. The minimum absolute atomic E-state index is 0.0515. The van der Waals surface area contributed by atoms with Gasteiger partial charge in [0.2, 0.25) is 11.1 Å². The van der Waals surface area contributed by atoms with Crippen molar-refractivity contribution >= 4 is 29.6 Å². The first-order valence-corrected chi connectivity index (χ1v) is 11.4. The number of nitrogens with one attached hydrogen (secondary N) is 2. The number of hydrazine groups is 1. The Labute approximate surface area is 189 Å². The molecule has 1 saturated heterocycles. The smallest absolute Gasteiger partial charge is 0.344 e. The number of thioether (sulfide) groups is 1. The first-order chi connectivity index (χ1) is 15.4. The van der Waals surface area contributed by atoms with Gasteiger partial charge >= 0.3 is 6.03 Å². The largest absolute Gasteiger partial charge is 0.497 e. The van der Waals surface area contributed by atoms with Gasteiger partial charge in [0.1, 0.15) is 11.3 Å². The zero-order valence-corrected chi connectivity index (χ0v) is 18.7. The van der Waals surface area contributed by atoms with Gasteiger partial charge in [-0.3, -0.25) is 15.0 Å². The molecule has 1 aromatic heterocycles. The third-order valence-electron chi connectivity index (χ3n) is 5.85. The van der Waals surface area contributed by atoms with Crippen LogP contribution >= 0.6 is 11.8 Å². The zero-order valence-electron chi connectivity index (χ0n) is 17.9. The van der Waals surface area contributed by atoms with Crippen LogP contribution in [-0.2, 0) is 16.1 Å². The molecule has 0 atom stereocenters. The summed E-state index contributed by atoms with van der Waals surface area (Å²) in [6.45, 7) is 2.56. The number of benzene rings is 1. The lowest BCUT2D eigenvalue weighted by atomic mass is 9.77. The molecule has 1 saturated carbocycles. The molecule has 32 heavy (non-hydrogen) atoms. The normalized spacial score (nSPS) is 22.8. The van der Waals surface area contributed by atoms with Crippen LogP contribution in [0.15, 0.2) is 29.4 Å². The number of amides is 4. The standard InChI is InChI=1S/C20H25N7O4S/c1-13-7-9-20(10-8-13)17(29)27(18(30)21-20)23-16(28)12-32-19-22-24-25-26(19)11-14-3-5-15(31-2)6-4-14/h3-6,13H,7-12H2,1-2H3,(H,21,30)(H,23,28). The van der Waals surface area contributed by atoms with Gasteiger partial charge in [0.15, 0.2) is 0 Å². The summed E-state index contributed by atoms with van der Waals surface area (Å²) in [7, 11) is 1.60. The van der Waals surface area contributed by atoms with E-state index in [1.807, 2.05) is 24.3 Å². The molecule has 1 aliphatic heterocycles. The van der Waals surface area contributed by atoms with Crippen molar-refractivity contribution < 1.29 is 19.1 Å². The van der Waals surface area contributed by atoms with Crippen molar-refractivity contribution in [2.24, 2.45) is 5.92 Å². The van der Waals surface area contributed by atoms with Crippen LogP contribution < -0.4 is 15.5 Å². The van der Waals surface area contributed by atoms with Crippen LogP contribution in [0.5, 0.6) is 5.75 Å². The highest BCUT2D eigenvalue weighted by atomic mass is 32.2. The number of methoxy groups -OCH3 is 1. The zero-order chi connectivity index (χ0) is 22.7. The third-order valence-corrected chi connectivity index (χ3v) is 6.81. The van der Waals surface area contributed by atoms with E-state index in [1.165, 1.54) is 0 Å². The Hall–Kier alpha value is -3.15. The number of hydrogen-bond acceptors (Lipinski definition) is 8. The van der Waals surface area contributed by atoms with Gasteiger partial charge in [-0.05, 0) is 59.7 Å². The molecule has 0 bridgehead atoms. The average Bonchev–Trinajstić information content (AvgIpc) is 3.32. The summed E-state index contributed by atoms with van der Waals surface area (Å²) in [5.41, 5.74) is 2.50. The molecule has 2 aliphatic rings. The molecule has 2 aromatic rings. The lowest BCUT2D eigenvalue weighted by molar-refractivity contribution is -0.139. The molecule has 0 radical (unpaired) electrons. The van der Waals surface area contributed by atoms with Gasteiger partial charge in [0.05, 0.1) is 19.4 Å². The number of carbonyl (C=O) groups excluding carboxylic acids is 3. The molecule has 1 aliphatic carbocycles. The van der Waals surface area contributed by atoms with Gasteiger partial charge in [-0.15, -0.1) is 5.10 Å². The molecule has 4 amide bonds. The van der Waals surface area contributed by atoms with E-state index in [2.05, 4.69) is 33.2 Å². The van der Waals surface area contributed by atoms with Crippen LogP contribution in [-0.4, -0.2) is 61.5 Å². The molecular weight excluding hydrogens is 434 g/mol. The molecule has 1 spiro atoms. The number of tetrazole rings is 1. The molecule has 2 N–H and O–H groups in total. The summed E-state index contributed by atoms with van der Waals surface area (Å²) < 4.78 is 6.73. The van der Waals surface area contributed by atoms with Crippen molar-refractivity contribution in [1.82, 2.24) is 36.0 Å².